The maximum absolute atomic E-state index is 13.6. The summed E-state index contributed by atoms with van der Waals surface area (Å²) in [5.74, 6) is -3.88. The molecule has 2 aromatic heterocycles. The van der Waals surface area contributed by atoms with Gasteiger partial charge in [0.2, 0.25) is 0 Å². The lowest BCUT2D eigenvalue weighted by Crippen LogP contribution is -2.25. The Hall–Kier alpha value is -4.39. The molecule has 1 atom stereocenters. The minimum atomic E-state index is -1.39. The topological polar surface area (TPSA) is 149 Å². The molecule has 2 heterocycles. The van der Waals surface area contributed by atoms with E-state index in [-0.39, 0.29) is 53.9 Å². The monoisotopic (exact) mass is 619 g/mol. The number of carboxylic acid groups (broad SMARTS) is 1. The lowest BCUT2D eigenvalue weighted by Gasteiger charge is -2.07. The van der Waals surface area contributed by atoms with Crippen LogP contribution in [0.5, 0.6) is 0 Å². The zero-order chi connectivity index (χ0) is 29.7. The van der Waals surface area contributed by atoms with E-state index < -0.39 is 29.2 Å². The molecule has 220 valence electrons. The first-order valence-corrected chi connectivity index (χ1v) is 12.6. The van der Waals surface area contributed by atoms with Crippen LogP contribution in [-0.4, -0.2) is 44.2 Å². The van der Waals surface area contributed by atoms with E-state index in [0.717, 1.165) is 41.3 Å². The number of halogens is 4. The van der Waals surface area contributed by atoms with Gasteiger partial charge in [-0.2, -0.15) is 5.10 Å². The number of hydrogen-bond donors (Lipinski definition) is 3. The number of nitrogens with zero attached hydrogens (tertiary/aromatic N) is 3. The minimum Gasteiger partial charge on any atom is -0.477 e. The van der Waals surface area contributed by atoms with Crippen molar-refractivity contribution in [2.75, 3.05) is 6.61 Å². The Morgan fingerprint density at radius 1 is 1.19 bits per heavy atom. The minimum absolute atomic E-state index is 0. The van der Waals surface area contributed by atoms with Crippen molar-refractivity contribution in [3.05, 3.63) is 112 Å². The molecule has 5 rings (SSSR count). The number of carbonyl (C=O) groups is 3. The summed E-state index contributed by atoms with van der Waals surface area (Å²) < 4.78 is 32.5. The number of nitrogens with two attached hydrogens (primary N) is 1. The van der Waals surface area contributed by atoms with Crippen LogP contribution in [0.4, 0.5) is 8.78 Å². The number of aromatic nitrogens is 3. The highest BCUT2D eigenvalue weighted by Gasteiger charge is 2.21. The second-order valence-electron chi connectivity index (χ2n) is 8.94. The van der Waals surface area contributed by atoms with E-state index in [0.29, 0.717) is 11.1 Å². The number of ether oxygens (including phenoxy) is 1. The normalized spacial score (nSPS) is 13.3. The van der Waals surface area contributed by atoms with Gasteiger partial charge in [0.1, 0.15) is 18.1 Å². The highest BCUT2D eigenvalue weighted by atomic mass is 35.5. The average Bonchev–Trinajstić information content (AvgIpc) is 3.53. The van der Waals surface area contributed by atoms with Crippen LogP contribution in [0.3, 0.4) is 0 Å². The molecule has 0 aliphatic heterocycles. The Morgan fingerprint density at radius 2 is 1.95 bits per heavy atom. The molecule has 0 unspecified atom stereocenters. The van der Waals surface area contributed by atoms with Crippen molar-refractivity contribution < 1.29 is 33.0 Å². The molecule has 2 aromatic carbocycles. The van der Waals surface area contributed by atoms with Gasteiger partial charge in [-0.15, -0.1) is 12.4 Å². The van der Waals surface area contributed by atoms with E-state index >= 15 is 0 Å². The van der Waals surface area contributed by atoms with Crippen LogP contribution in [0.25, 0.3) is 5.65 Å². The molecule has 1 aliphatic carbocycles. The Bertz CT molecular complexity index is 1660. The molecule has 0 saturated carbocycles. The third-order valence-corrected chi connectivity index (χ3v) is 6.44. The standard InChI is InChI=1S/C15H9ClF2N4O3.C13H15NO2.ClH/c16-8-3-7(1-2-9(8)17)5-19-14(23)11-4-12(15(24)25)22-13(21-11)10(18)6-20-22;1-2-7-16-13(15)10-3-5-11-9(8-10)4-6-12(11)14;/h1-4,6H,5H2,(H,19,23)(H,24,25);2-3,5,8,12H,1,4,6-7,14H2;1H/t;12-;/m.0./s1. The number of aromatic carboxylic acids is 1. The molecular formula is C28H25Cl2F2N5O5. The summed E-state index contributed by atoms with van der Waals surface area (Å²) >= 11 is 5.66. The highest BCUT2D eigenvalue weighted by molar-refractivity contribution is 6.30. The molecule has 42 heavy (non-hydrogen) atoms. The Balaban J connectivity index is 0.000000247. The fourth-order valence-electron chi connectivity index (χ4n) is 4.12. The van der Waals surface area contributed by atoms with E-state index in [1.54, 1.807) is 12.1 Å². The van der Waals surface area contributed by atoms with Crippen molar-refractivity contribution in [1.29, 1.82) is 0 Å². The van der Waals surface area contributed by atoms with Crippen LogP contribution < -0.4 is 11.1 Å². The van der Waals surface area contributed by atoms with E-state index in [1.807, 2.05) is 12.1 Å². The first kappa shape index (κ1) is 32.1. The number of carbonyl (C=O) groups excluding carboxylic acids is 2. The number of amides is 1. The average molecular weight is 620 g/mol. The Labute approximate surface area is 249 Å². The van der Waals surface area contributed by atoms with Crippen molar-refractivity contribution in [3.8, 4) is 0 Å². The SMILES string of the molecule is C=CCOC(=O)c1ccc2c(c1)CC[C@@H]2N.Cl.O=C(NCc1ccc(F)c(Cl)c1)c1cc(C(=O)O)n2ncc(F)c2n1. The fourth-order valence-corrected chi connectivity index (χ4v) is 4.33. The van der Waals surface area contributed by atoms with Crippen LogP contribution in [0.1, 0.15) is 60.5 Å². The number of nitrogens with one attached hydrogen (secondary N) is 1. The van der Waals surface area contributed by atoms with Gasteiger partial charge in [-0.1, -0.05) is 36.4 Å². The van der Waals surface area contributed by atoms with E-state index in [9.17, 15) is 23.2 Å². The van der Waals surface area contributed by atoms with E-state index in [4.69, 9.17) is 27.2 Å². The molecule has 4 N–H and O–H groups in total. The van der Waals surface area contributed by atoms with Crippen molar-refractivity contribution in [3.63, 3.8) is 0 Å². The van der Waals surface area contributed by atoms with Crippen molar-refractivity contribution in [2.45, 2.75) is 25.4 Å². The van der Waals surface area contributed by atoms with Gasteiger partial charge in [0.15, 0.2) is 17.2 Å². The van der Waals surface area contributed by atoms with Crippen LogP contribution in [0.2, 0.25) is 5.02 Å². The molecular weight excluding hydrogens is 595 g/mol. The van der Waals surface area contributed by atoms with Gasteiger partial charge in [0, 0.05) is 18.7 Å². The van der Waals surface area contributed by atoms with E-state index in [1.165, 1.54) is 17.7 Å². The zero-order valence-corrected chi connectivity index (χ0v) is 23.4. The summed E-state index contributed by atoms with van der Waals surface area (Å²) in [5.41, 5.74) is 8.27. The number of aryl methyl sites for hydroxylation is 1. The van der Waals surface area contributed by atoms with Gasteiger partial charge in [-0.25, -0.2) is 27.9 Å². The molecule has 0 bridgehead atoms. The van der Waals surface area contributed by atoms with Crippen LogP contribution in [-0.2, 0) is 17.7 Å². The first-order chi connectivity index (χ1) is 19.6. The zero-order valence-electron chi connectivity index (χ0n) is 21.9. The molecule has 0 fully saturated rings. The van der Waals surface area contributed by atoms with Gasteiger partial charge in [-0.3, -0.25) is 4.79 Å². The summed E-state index contributed by atoms with van der Waals surface area (Å²) in [5, 5.41) is 15.1. The summed E-state index contributed by atoms with van der Waals surface area (Å²) in [6, 6.07) is 10.6. The highest BCUT2D eigenvalue weighted by Crippen LogP contribution is 2.29. The predicted octanol–water partition coefficient (Wildman–Crippen LogP) is 4.69. The molecule has 0 spiro atoms. The Morgan fingerprint density at radius 3 is 2.64 bits per heavy atom. The number of esters is 1. The van der Waals surface area contributed by atoms with Crippen LogP contribution in [0, 0.1) is 11.6 Å². The van der Waals surface area contributed by atoms with Crippen molar-refractivity contribution >= 4 is 47.5 Å². The smallest absolute Gasteiger partial charge is 0.354 e. The largest absolute Gasteiger partial charge is 0.477 e. The lowest BCUT2D eigenvalue weighted by molar-refractivity contribution is 0.0548. The van der Waals surface area contributed by atoms with Gasteiger partial charge in [0.25, 0.3) is 5.91 Å². The van der Waals surface area contributed by atoms with Gasteiger partial charge >= 0.3 is 11.9 Å². The predicted molar refractivity (Wildman–Crippen MR) is 152 cm³/mol. The maximum atomic E-state index is 13.6. The molecule has 1 amide bonds. The summed E-state index contributed by atoms with van der Waals surface area (Å²) in [4.78, 5) is 38.8. The van der Waals surface area contributed by atoms with E-state index in [2.05, 4.69) is 22.0 Å². The number of carboxylic acids is 1. The summed E-state index contributed by atoms with van der Waals surface area (Å²) in [6.45, 7) is 3.74. The number of fused-ring (bicyclic) bond motifs is 2. The molecule has 0 radical (unpaired) electrons. The lowest BCUT2D eigenvalue weighted by atomic mass is 10.1. The van der Waals surface area contributed by atoms with Crippen LogP contribution >= 0.6 is 24.0 Å². The molecule has 1 aliphatic rings. The number of benzene rings is 2. The van der Waals surface area contributed by atoms with Gasteiger partial charge in [0.05, 0.1) is 16.8 Å². The number of hydrogen-bond acceptors (Lipinski definition) is 7. The summed E-state index contributed by atoms with van der Waals surface area (Å²) in [6.07, 6.45) is 4.26. The molecule has 4 aromatic rings. The van der Waals surface area contributed by atoms with Gasteiger partial charge in [-0.05, 0) is 53.8 Å². The van der Waals surface area contributed by atoms with Gasteiger partial charge < -0.3 is 20.9 Å². The van der Waals surface area contributed by atoms with Crippen molar-refractivity contribution in [1.82, 2.24) is 19.9 Å². The second-order valence-corrected chi connectivity index (χ2v) is 9.34. The maximum Gasteiger partial charge on any atom is 0.354 e. The quantitative estimate of drug-likeness (QED) is 0.199. The second kappa shape index (κ2) is 14.0. The number of rotatable bonds is 7. The van der Waals surface area contributed by atoms with Crippen LogP contribution in [0.15, 0.2) is 61.3 Å². The Kier molecular flexibility index (Phi) is 10.7. The molecule has 10 nitrogen and oxygen atoms in total. The fraction of sp³-hybridized carbons (Fsp3) is 0.179. The summed E-state index contributed by atoms with van der Waals surface area (Å²) in [7, 11) is 0. The third kappa shape index (κ3) is 7.27. The van der Waals surface area contributed by atoms with Crippen molar-refractivity contribution in [2.24, 2.45) is 5.73 Å². The third-order valence-electron chi connectivity index (χ3n) is 6.15. The molecule has 0 saturated heterocycles. The molecule has 14 heteroatoms. The first-order valence-electron chi connectivity index (χ1n) is 12.2.